The number of H-pyrrole nitrogens is 1. The molecule has 0 amide bonds. The molecule has 1 fully saturated rings. The Morgan fingerprint density at radius 2 is 2.21 bits per heavy atom. The molecular formula is C13H16N4O2. The van der Waals surface area contributed by atoms with Gasteiger partial charge < -0.3 is 19.9 Å². The Bertz CT molecular complexity index is 575. The van der Waals surface area contributed by atoms with E-state index in [0.717, 1.165) is 48.7 Å². The molecule has 1 aliphatic rings. The van der Waals surface area contributed by atoms with Crippen LogP contribution in [0.4, 0.5) is 5.95 Å². The third-order valence-electron chi connectivity index (χ3n) is 3.31. The second-order valence-corrected chi connectivity index (χ2v) is 4.52. The maximum atomic E-state index is 10.3. The van der Waals surface area contributed by atoms with Crippen LogP contribution < -0.4 is 10.2 Å². The molecule has 0 radical (unpaired) electrons. The highest BCUT2D eigenvalue weighted by molar-refractivity contribution is 5.81. The predicted molar refractivity (Wildman–Crippen MR) is 72.0 cm³/mol. The van der Waals surface area contributed by atoms with Gasteiger partial charge in [-0.2, -0.15) is 0 Å². The molecule has 1 saturated heterocycles. The molecular weight excluding hydrogens is 244 g/mol. The summed E-state index contributed by atoms with van der Waals surface area (Å²) in [6.07, 6.45) is 0. The van der Waals surface area contributed by atoms with E-state index >= 15 is 0 Å². The lowest BCUT2D eigenvalue weighted by Gasteiger charge is -2.26. The zero-order valence-corrected chi connectivity index (χ0v) is 10.6. The van der Waals surface area contributed by atoms with E-state index in [1.54, 1.807) is 0 Å². The monoisotopic (exact) mass is 260 g/mol. The van der Waals surface area contributed by atoms with E-state index in [1.807, 2.05) is 18.2 Å². The summed E-state index contributed by atoms with van der Waals surface area (Å²) in [5.74, 6) is 0.884. The van der Waals surface area contributed by atoms with Crippen molar-refractivity contribution in [1.29, 1.82) is 0 Å². The Kier molecular flexibility index (Phi) is 3.33. The zero-order valence-electron chi connectivity index (χ0n) is 10.6. The Morgan fingerprint density at radius 3 is 3.00 bits per heavy atom. The summed E-state index contributed by atoms with van der Waals surface area (Å²) in [4.78, 5) is 20.5. The number of piperazine rings is 1. The molecule has 1 aromatic heterocycles. The Balaban J connectivity index is 1.92. The minimum atomic E-state index is 0.257. The molecule has 3 rings (SSSR count). The van der Waals surface area contributed by atoms with Gasteiger partial charge in [-0.15, -0.1) is 0 Å². The topological polar surface area (TPSA) is 70.2 Å². The van der Waals surface area contributed by atoms with Crippen molar-refractivity contribution >= 4 is 23.5 Å². The molecule has 0 aliphatic carbocycles. The molecule has 6 heteroatoms. The molecule has 6 nitrogen and oxygen atoms in total. The summed E-state index contributed by atoms with van der Waals surface area (Å²) in [7, 11) is 0. The Morgan fingerprint density at radius 1 is 1.37 bits per heavy atom. The molecule has 0 bridgehead atoms. The van der Waals surface area contributed by atoms with Crippen molar-refractivity contribution in [2.75, 3.05) is 31.1 Å². The van der Waals surface area contributed by atoms with Crippen molar-refractivity contribution in [3.8, 4) is 0 Å². The molecule has 2 heterocycles. The fourth-order valence-corrected chi connectivity index (χ4v) is 2.35. The van der Waals surface area contributed by atoms with E-state index in [1.165, 1.54) is 0 Å². The third kappa shape index (κ3) is 2.39. The lowest BCUT2D eigenvalue weighted by Crippen LogP contribution is -2.44. The van der Waals surface area contributed by atoms with Crippen molar-refractivity contribution in [1.82, 2.24) is 15.3 Å². The molecule has 0 atom stereocenters. The summed E-state index contributed by atoms with van der Waals surface area (Å²) in [6.45, 7) is 4.55. The Labute approximate surface area is 110 Å². The summed E-state index contributed by atoms with van der Waals surface area (Å²) in [5.41, 5.74) is 2.76. The van der Waals surface area contributed by atoms with Crippen LogP contribution in [0, 0.1) is 0 Å². The highest BCUT2D eigenvalue weighted by Gasteiger charge is 2.15. The smallest absolute Gasteiger partial charge is 0.293 e. The van der Waals surface area contributed by atoms with Crippen LogP contribution in [-0.4, -0.2) is 42.6 Å². The number of benzene rings is 1. The number of nitrogens with one attached hydrogen (secondary N) is 2. The second kappa shape index (κ2) is 5.27. The number of nitrogens with zero attached hydrogens (tertiary/aromatic N) is 2. The van der Waals surface area contributed by atoms with E-state index in [4.69, 9.17) is 4.74 Å². The second-order valence-electron chi connectivity index (χ2n) is 4.52. The number of hydrogen-bond donors (Lipinski definition) is 2. The van der Waals surface area contributed by atoms with Gasteiger partial charge in [0, 0.05) is 31.7 Å². The van der Waals surface area contributed by atoms with Crippen molar-refractivity contribution in [2.45, 2.75) is 6.61 Å². The zero-order chi connectivity index (χ0) is 13.1. The van der Waals surface area contributed by atoms with Crippen LogP contribution in [0.1, 0.15) is 5.56 Å². The van der Waals surface area contributed by atoms with Crippen LogP contribution in [0.15, 0.2) is 18.2 Å². The minimum Gasteiger partial charge on any atom is -0.463 e. The SMILES string of the molecule is O=COCc1cccc2[nH]c(N3CCNCC3)nc12. The molecule has 0 spiro atoms. The average Bonchev–Trinajstić information content (AvgIpc) is 2.90. The van der Waals surface area contributed by atoms with E-state index in [0.29, 0.717) is 6.47 Å². The van der Waals surface area contributed by atoms with E-state index in [-0.39, 0.29) is 6.61 Å². The Hall–Kier alpha value is -2.08. The average molecular weight is 260 g/mol. The number of para-hydroxylation sites is 1. The molecule has 1 aliphatic heterocycles. The highest BCUT2D eigenvalue weighted by Crippen LogP contribution is 2.21. The van der Waals surface area contributed by atoms with E-state index in [9.17, 15) is 4.79 Å². The first-order chi connectivity index (χ1) is 9.38. The number of carbonyl (C=O) groups excluding carboxylic acids is 1. The van der Waals surface area contributed by atoms with E-state index in [2.05, 4.69) is 20.2 Å². The largest absolute Gasteiger partial charge is 0.463 e. The fourth-order valence-electron chi connectivity index (χ4n) is 2.35. The third-order valence-corrected chi connectivity index (χ3v) is 3.31. The molecule has 0 saturated carbocycles. The summed E-state index contributed by atoms with van der Waals surface area (Å²) >= 11 is 0. The quantitative estimate of drug-likeness (QED) is 0.790. The maximum absolute atomic E-state index is 10.3. The first-order valence-corrected chi connectivity index (χ1v) is 6.37. The first-order valence-electron chi connectivity index (χ1n) is 6.37. The molecule has 100 valence electrons. The number of hydrogen-bond acceptors (Lipinski definition) is 5. The number of ether oxygens (including phenoxy) is 1. The van der Waals surface area contributed by atoms with Crippen LogP contribution in [0.3, 0.4) is 0 Å². The van der Waals surface area contributed by atoms with Gasteiger partial charge >= 0.3 is 0 Å². The maximum Gasteiger partial charge on any atom is 0.293 e. The summed E-state index contributed by atoms with van der Waals surface area (Å²) < 4.78 is 4.82. The molecule has 0 unspecified atom stereocenters. The predicted octanol–water partition coefficient (Wildman–Crippen LogP) is 0.645. The summed E-state index contributed by atoms with van der Waals surface area (Å²) in [5, 5.41) is 3.32. The number of fused-ring (bicyclic) bond motifs is 1. The number of aromatic amines is 1. The van der Waals surface area contributed by atoms with Gasteiger partial charge in [0.25, 0.3) is 6.47 Å². The number of anilines is 1. The van der Waals surface area contributed by atoms with Crippen molar-refractivity contribution < 1.29 is 9.53 Å². The summed E-state index contributed by atoms with van der Waals surface area (Å²) in [6, 6.07) is 5.85. The lowest BCUT2D eigenvalue weighted by molar-refractivity contribution is -0.129. The standard InChI is InChI=1S/C13H16N4O2/c18-9-19-8-10-2-1-3-11-12(10)16-13(15-11)17-6-4-14-5-7-17/h1-3,9,14H,4-8H2,(H,15,16). The molecule has 1 aromatic carbocycles. The van der Waals surface area contributed by atoms with Gasteiger partial charge in [0.2, 0.25) is 5.95 Å². The van der Waals surface area contributed by atoms with Crippen molar-refractivity contribution in [2.24, 2.45) is 0 Å². The van der Waals surface area contributed by atoms with Crippen LogP contribution in [0.2, 0.25) is 0 Å². The fraction of sp³-hybridized carbons (Fsp3) is 0.385. The van der Waals surface area contributed by atoms with Crippen LogP contribution in [0.25, 0.3) is 11.0 Å². The first kappa shape index (κ1) is 12.0. The number of carbonyl (C=O) groups is 1. The van der Waals surface area contributed by atoms with Crippen LogP contribution in [0.5, 0.6) is 0 Å². The van der Waals surface area contributed by atoms with Crippen molar-refractivity contribution in [3.05, 3.63) is 23.8 Å². The van der Waals surface area contributed by atoms with Gasteiger partial charge in [-0.05, 0) is 6.07 Å². The molecule has 19 heavy (non-hydrogen) atoms. The lowest BCUT2D eigenvalue weighted by atomic mass is 10.2. The van der Waals surface area contributed by atoms with Crippen LogP contribution >= 0.6 is 0 Å². The van der Waals surface area contributed by atoms with Gasteiger partial charge in [0.05, 0.1) is 11.0 Å². The van der Waals surface area contributed by atoms with Gasteiger partial charge in [-0.3, -0.25) is 4.79 Å². The van der Waals surface area contributed by atoms with E-state index < -0.39 is 0 Å². The molecule has 2 N–H and O–H groups in total. The number of imidazole rings is 1. The van der Waals surface area contributed by atoms with Gasteiger partial charge in [-0.1, -0.05) is 12.1 Å². The molecule has 2 aromatic rings. The highest BCUT2D eigenvalue weighted by atomic mass is 16.5. The van der Waals surface area contributed by atoms with Gasteiger partial charge in [0.15, 0.2) is 0 Å². The van der Waals surface area contributed by atoms with Crippen LogP contribution in [-0.2, 0) is 16.1 Å². The minimum absolute atomic E-state index is 0.257. The van der Waals surface area contributed by atoms with Crippen molar-refractivity contribution in [3.63, 3.8) is 0 Å². The van der Waals surface area contributed by atoms with Gasteiger partial charge in [0.1, 0.15) is 6.61 Å². The van der Waals surface area contributed by atoms with Gasteiger partial charge in [-0.25, -0.2) is 4.98 Å². The normalized spacial score (nSPS) is 15.7. The number of rotatable bonds is 4. The number of aromatic nitrogens is 2.